The summed E-state index contributed by atoms with van der Waals surface area (Å²) in [6.07, 6.45) is 3.72. The quantitative estimate of drug-likeness (QED) is 0.892. The van der Waals surface area contributed by atoms with Crippen molar-refractivity contribution in [1.82, 2.24) is 4.98 Å². The lowest BCUT2D eigenvalue weighted by Gasteiger charge is -2.00. The summed E-state index contributed by atoms with van der Waals surface area (Å²) < 4.78 is 0.847. The third kappa shape index (κ3) is 2.94. The smallest absolute Gasteiger partial charge is 0.123 e. The van der Waals surface area contributed by atoms with Gasteiger partial charge in [0.25, 0.3) is 0 Å². The van der Waals surface area contributed by atoms with Crippen LogP contribution < -0.4 is 5.73 Å². The first-order chi connectivity index (χ1) is 7.24. The van der Waals surface area contributed by atoms with Crippen molar-refractivity contribution in [2.45, 2.75) is 12.8 Å². The number of anilines is 1. The molecule has 0 unspecified atom stereocenters. The van der Waals surface area contributed by atoms with E-state index in [4.69, 9.17) is 17.3 Å². The van der Waals surface area contributed by atoms with E-state index in [9.17, 15) is 0 Å². The molecule has 0 aliphatic heterocycles. The number of aromatic nitrogens is 1. The Kier molecular flexibility index (Phi) is 3.23. The van der Waals surface area contributed by atoms with Gasteiger partial charge in [0.15, 0.2) is 0 Å². The van der Waals surface area contributed by atoms with Gasteiger partial charge < -0.3 is 5.73 Å². The maximum atomic E-state index is 5.86. The van der Waals surface area contributed by atoms with Crippen LogP contribution >= 0.6 is 22.9 Å². The van der Waals surface area contributed by atoms with Crippen molar-refractivity contribution in [2.24, 2.45) is 0 Å². The van der Waals surface area contributed by atoms with Crippen LogP contribution in [0.2, 0.25) is 4.34 Å². The van der Waals surface area contributed by atoms with E-state index in [1.54, 1.807) is 17.5 Å². The van der Waals surface area contributed by atoms with Gasteiger partial charge in [-0.2, -0.15) is 0 Å². The number of thiophene rings is 1. The fourth-order valence-electron chi connectivity index (χ4n) is 1.40. The molecule has 0 saturated heterocycles. The SMILES string of the molecule is Nc1cc(CCc2ccc(Cl)s2)ccn1. The summed E-state index contributed by atoms with van der Waals surface area (Å²) in [4.78, 5) is 5.26. The van der Waals surface area contributed by atoms with Gasteiger partial charge in [0, 0.05) is 11.1 Å². The summed E-state index contributed by atoms with van der Waals surface area (Å²) in [6.45, 7) is 0. The molecule has 2 N–H and O–H groups in total. The molecule has 0 atom stereocenters. The highest BCUT2D eigenvalue weighted by Crippen LogP contribution is 2.22. The number of nitrogens with two attached hydrogens (primary N) is 1. The fourth-order valence-corrected chi connectivity index (χ4v) is 2.49. The molecule has 0 amide bonds. The number of hydrogen-bond donors (Lipinski definition) is 1. The molecule has 0 spiro atoms. The van der Waals surface area contributed by atoms with E-state index in [1.165, 1.54) is 10.4 Å². The molecule has 0 bridgehead atoms. The monoisotopic (exact) mass is 238 g/mol. The van der Waals surface area contributed by atoms with Gasteiger partial charge in [-0.3, -0.25) is 0 Å². The van der Waals surface area contributed by atoms with Gasteiger partial charge in [-0.1, -0.05) is 11.6 Å². The van der Waals surface area contributed by atoms with E-state index in [2.05, 4.69) is 11.1 Å². The molecule has 78 valence electrons. The Morgan fingerprint density at radius 3 is 2.80 bits per heavy atom. The van der Waals surface area contributed by atoms with E-state index >= 15 is 0 Å². The van der Waals surface area contributed by atoms with Gasteiger partial charge in [0.1, 0.15) is 5.82 Å². The second kappa shape index (κ2) is 4.64. The number of nitrogens with zero attached hydrogens (tertiary/aromatic N) is 1. The van der Waals surface area contributed by atoms with Crippen LogP contribution in [-0.4, -0.2) is 4.98 Å². The fraction of sp³-hybridized carbons (Fsp3) is 0.182. The Labute approximate surface area is 97.7 Å². The zero-order valence-corrected chi connectivity index (χ0v) is 9.68. The second-order valence-corrected chi connectivity index (χ2v) is 5.09. The molecular weight excluding hydrogens is 228 g/mol. The molecule has 2 rings (SSSR count). The molecular formula is C11H11ClN2S. The molecule has 0 aromatic carbocycles. The number of hydrogen-bond acceptors (Lipinski definition) is 3. The third-order valence-electron chi connectivity index (χ3n) is 2.13. The van der Waals surface area contributed by atoms with Crippen molar-refractivity contribution < 1.29 is 0 Å². The van der Waals surface area contributed by atoms with Crippen molar-refractivity contribution in [2.75, 3.05) is 5.73 Å². The van der Waals surface area contributed by atoms with E-state index < -0.39 is 0 Å². The average Bonchev–Trinajstić information content (AvgIpc) is 2.62. The van der Waals surface area contributed by atoms with E-state index in [-0.39, 0.29) is 0 Å². The number of pyridine rings is 1. The van der Waals surface area contributed by atoms with Crippen molar-refractivity contribution in [3.63, 3.8) is 0 Å². The normalized spacial score (nSPS) is 10.5. The van der Waals surface area contributed by atoms with Crippen LogP contribution in [-0.2, 0) is 12.8 Å². The van der Waals surface area contributed by atoms with Gasteiger partial charge in [0.2, 0.25) is 0 Å². The number of halogens is 1. The molecule has 2 nitrogen and oxygen atoms in total. The van der Waals surface area contributed by atoms with Crippen LogP contribution in [0.15, 0.2) is 30.5 Å². The predicted octanol–water partition coefficient (Wildman–Crippen LogP) is 3.16. The van der Waals surface area contributed by atoms with E-state index in [1.807, 2.05) is 18.2 Å². The Morgan fingerprint density at radius 2 is 2.13 bits per heavy atom. The Morgan fingerprint density at radius 1 is 1.27 bits per heavy atom. The molecule has 2 aromatic rings. The summed E-state index contributed by atoms with van der Waals surface area (Å²) in [7, 11) is 0. The van der Waals surface area contributed by atoms with Crippen molar-refractivity contribution in [3.05, 3.63) is 45.2 Å². The van der Waals surface area contributed by atoms with Crippen molar-refractivity contribution in [3.8, 4) is 0 Å². The zero-order chi connectivity index (χ0) is 10.7. The molecule has 2 aromatic heterocycles. The molecule has 4 heteroatoms. The molecule has 2 heterocycles. The van der Waals surface area contributed by atoms with Crippen LogP contribution in [0.25, 0.3) is 0 Å². The Bertz CT molecular complexity index is 453. The highest BCUT2D eigenvalue weighted by atomic mass is 35.5. The average molecular weight is 239 g/mol. The summed E-state index contributed by atoms with van der Waals surface area (Å²) in [6, 6.07) is 7.90. The largest absolute Gasteiger partial charge is 0.384 e. The van der Waals surface area contributed by atoms with Crippen molar-refractivity contribution in [1.29, 1.82) is 0 Å². The maximum Gasteiger partial charge on any atom is 0.123 e. The summed E-state index contributed by atoms with van der Waals surface area (Å²) in [5.74, 6) is 0.580. The highest BCUT2D eigenvalue weighted by molar-refractivity contribution is 7.16. The summed E-state index contributed by atoms with van der Waals surface area (Å²) >= 11 is 7.49. The highest BCUT2D eigenvalue weighted by Gasteiger charge is 1.99. The van der Waals surface area contributed by atoms with Crippen LogP contribution in [0.4, 0.5) is 5.82 Å². The maximum absolute atomic E-state index is 5.86. The number of aryl methyl sites for hydroxylation is 2. The van der Waals surface area contributed by atoms with Gasteiger partial charge in [-0.25, -0.2) is 4.98 Å². The first kappa shape index (κ1) is 10.5. The lowest BCUT2D eigenvalue weighted by molar-refractivity contribution is 0.976. The minimum absolute atomic E-state index is 0.580. The van der Waals surface area contributed by atoms with Crippen LogP contribution in [0, 0.1) is 0 Å². The number of nitrogen functional groups attached to an aromatic ring is 1. The van der Waals surface area contributed by atoms with Crippen molar-refractivity contribution >= 4 is 28.8 Å². The van der Waals surface area contributed by atoms with Gasteiger partial charge in [-0.05, 0) is 42.7 Å². The third-order valence-corrected chi connectivity index (χ3v) is 3.43. The lowest BCUT2D eigenvalue weighted by Crippen LogP contribution is -1.93. The van der Waals surface area contributed by atoms with E-state index in [0.29, 0.717) is 5.82 Å². The second-order valence-electron chi connectivity index (χ2n) is 3.29. The zero-order valence-electron chi connectivity index (χ0n) is 8.11. The Hall–Kier alpha value is -1.06. The molecule has 0 saturated carbocycles. The predicted molar refractivity (Wildman–Crippen MR) is 65.4 cm³/mol. The van der Waals surface area contributed by atoms with Gasteiger partial charge in [-0.15, -0.1) is 11.3 Å². The van der Waals surface area contributed by atoms with Crippen LogP contribution in [0.3, 0.4) is 0 Å². The first-order valence-corrected chi connectivity index (χ1v) is 5.88. The molecule has 0 aliphatic carbocycles. The first-order valence-electron chi connectivity index (χ1n) is 4.68. The van der Waals surface area contributed by atoms with Gasteiger partial charge in [0.05, 0.1) is 4.34 Å². The molecule has 0 radical (unpaired) electrons. The topological polar surface area (TPSA) is 38.9 Å². The van der Waals surface area contributed by atoms with E-state index in [0.717, 1.165) is 17.2 Å². The van der Waals surface area contributed by atoms with Crippen LogP contribution in [0.5, 0.6) is 0 Å². The summed E-state index contributed by atoms with van der Waals surface area (Å²) in [5, 5.41) is 0. The Balaban J connectivity index is 1.99. The molecule has 0 aliphatic rings. The van der Waals surface area contributed by atoms with Gasteiger partial charge >= 0.3 is 0 Å². The molecule has 15 heavy (non-hydrogen) atoms. The minimum Gasteiger partial charge on any atom is -0.384 e. The minimum atomic E-state index is 0.580. The number of rotatable bonds is 3. The molecule has 0 fully saturated rings. The van der Waals surface area contributed by atoms with Crippen LogP contribution in [0.1, 0.15) is 10.4 Å². The summed E-state index contributed by atoms with van der Waals surface area (Å²) in [5.41, 5.74) is 6.82. The standard InChI is InChI=1S/C11H11ClN2S/c12-10-4-3-9(15-10)2-1-8-5-6-14-11(13)7-8/h3-7H,1-2H2,(H2,13,14). The lowest BCUT2D eigenvalue weighted by atomic mass is 10.1.